The van der Waals surface area contributed by atoms with E-state index in [4.69, 9.17) is 28.9 Å². The fraction of sp³-hybridized carbons (Fsp3) is 0.263. The third kappa shape index (κ3) is 20.8. The van der Waals surface area contributed by atoms with Crippen LogP contribution in [0, 0.1) is 0 Å². The molecule has 0 fully saturated rings. The number of anilines is 2. The Bertz CT molecular complexity index is 769. The number of amides is 1. The van der Waals surface area contributed by atoms with Crippen molar-refractivity contribution in [2.75, 3.05) is 11.1 Å². The number of halogens is 4. The van der Waals surface area contributed by atoms with Crippen LogP contribution in [0.4, 0.5) is 11.6 Å². The lowest BCUT2D eigenvalue weighted by Crippen LogP contribution is -2.20. The van der Waals surface area contributed by atoms with Gasteiger partial charge in [0.2, 0.25) is 11.6 Å². The number of pyridine rings is 2. The van der Waals surface area contributed by atoms with Crippen LogP contribution in [0.3, 0.4) is 0 Å². The van der Waals surface area contributed by atoms with Crippen molar-refractivity contribution in [1.82, 2.24) is 9.97 Å². The molecule has 0 bridgehead atoms. The van der Waals surface area contributed by atoms with E-state index < -0.39 is 22.7 Å². The standard InChI is InChI=1S/C8H7ClN2O2.C5H5ClN2.C3H3ClO2.C2H6.CH4.ClH/c1-5(12)8(13)11-7-3-2-6(9)4-10-7;6-4-1-2-5(7)8-3-4;1-2(5)3(4)6;1-2;;/h2-4H,1H3,(H,10,11,13);1-3H,(H2,7,8);1H3;1-2H3;1H4;1H. The van der Waals surface area contributed by atoms with Gasteiger partial charge in [0, 0.05) is 26.2 Å². The maximum Gasteiger partial charge on any atom is 0.292 e. The molecule has 8 nitrogen and oxygen atoms in total. The maximum absolute atomic E-state index is 10.9. The molecule has 1 amide bonds. The van der Waals surface area contributed by atoms with Crippen LogP contribution in [0.2, 0.25) is 10.0 Å². The number of carbonyl (C=O) groups is 4. The van der Waals surface area contributed by atoms with E-state index in [0.29, 0.717) is 21.7 Å². The zero-order valence-electron chi connectivity index (χ0n) is 16.6. The highest BCUT2D eigenvalue weighted by Gasteiger charge is 2.07. The Morgan fingerprint density at radius 3 is 1.55 bits per heavy atom. The number of nitrogens with two attached hydrogens (primary N) is 1. The fourth-order valence-corrected chi connectivity index (χ4v) is 1.26. The van der Waals surface area contributed by atoms with E-state index in [0.717, 1.165) is 6.92 Å². The van der Waals surface area contributed by atoms with Crippen LogP contribution < -0.4 is 11.1 Å². The van der Waals surface area contributed by atoms with Crippen molar-refractivity contribution in [2.24, 2.45) is 0 Å². The molecule has 2 aromatic heterocycles. The Morgan fingerprint density at radius 1 is 0.871 bits per heavy atom. The van der Waals surface area contributed by atoms with Crippen LogP contribution in [-0.4, -0.2) is 32.7 Å². The second kappa shape index (κ2) is 21.0. The average molecular weight is 516 g/mol. The number of hydrogen-bond donors (Lipinski definition) is 2. The SMILES string of the molecule is C.CC.CC(=O)C(=O)Cl.CC(=O)C(=O)Nc1ccc(Cl)cn1.Cl.Nc1ccc(Cl)cn1. The van der Waals surface area contributed by atoms with Crippen molar-refractivity contribution in [3.05, 3.63) is 46.7 Å². The van der Waals surface area contributed by atoms with Crippen molar-refractivity contribution in [3.63, 3.8) is 0 Å². The Hall–Kier alpha value is -2.26. The van der Waals surface area contributed by atoms with Crippen LogP contribution in [0.1, 0.15) is 35.1 Å². The van der Waals surface area contributed by atoms with E-state index in [1.54, 1.807) is 18.2 Å². The second-order valence-electron chi connectivity index (χ2n) is 4.60. The van der Waals surface area contributed by atoms with E-state index in [1.807, 2.05) is 13.8 Å². The van der Waals surface area contributed by atoms with Gasteiger partial charge in [-0.05, 0) is 35.9 Å². The second-order valence-corrected chi connectivity index (χ2v) is 5.82. The van der Waals surface area contributed by atoms with E-state index >= 15 is 0 Å². The molecule has 0 saturated heterocycles. The quantitative estimate of drug-likeness (QED) is 0.433. The summed E-state index contributed by atoms with van der Waals surface area (Å²) in [6.07, 6.45) is 2.90. The lowest BCUT2D eigenvalue weighted by Gasteiger charge is -2.00. The van der Waals surface area contributed by atoms with Gasteiger partial charge < -0.3 is 11.1 Å². The normalized spacial score (nSPS) is 7.97. The molecule has 0 radical (unpaired) electrons. The summed E-state index contributed by atoms with van der Waals surface area (Å²) in [6.45, 7) is 6.31. The monoisotopic (exact) mass is 514 g/mol. The van der Waals surface area contributed by atoms with Crippen molar-refractivity contribution in [3.8, 4) is 0 Å². The molecule has 0 saturated carbocycles. The third-order valence-electron chi connectivity index (χ3n) is 2.32. The van der Waals surface area contributed by atoms with Gasteiger partial charge in [0.1, 0.15) is 11.6 Å². The van der Waals surface area contributed by atoms with Gasteiger partial charge in [-0.15, -0.1) is 12.4 Å². The van der Waals surface area contributed by atoms with Crippen LogP contribution in [0.15, 0.2) is 36.7 Å². The smallest absolute Gasteiger partial charge is 0.292 e. The molecule has 2 aromatic rings. The predicted octanol–water partition coefficient (Wildman–Crippen LogP) is 5.00. The molecule has 0 atom stereocenters. The molecule has 2 rings (SSSR count). The van der Waals surface area contributed by atoms with Gasteiger partial charge in [-0.3, -0.25) is 19.2 Å². The summed E-state index contributed by atoms with van der Waals surface area (Å²) in [7, 11) is 0. The highest BCUT2D eigenvalue weighted by atomic mass is 35.5. The summed E-state index contributed by atoms with van der Waals surface area (Å²) in [5, 5.41) is 2.49. The molecule has 0 aliphatic carbocycles. The zero-order chi connectivity index (χ0) is 23.0. The molecule has 0 aliphatic heterocycles. The Balaban J connectivity index is -0.000000176. The summed E-state index contributed by atoms with van der Waals surface area (Å²) in [4.78, 5) is 48.1. The largest absolute Gasteiger partial charge is 0.384 e. The van der Waals surface area contributed by atoms with Crippen LogP contribution >= 0.6 is 47.2 Å². The lowest BCUT2D eigenvalue weighted by atomic mass is 10.4. The number of rotatable bonds is 3. The minimum Gasteiger partial charge on any atom is -0.384 e. The first-order chi connectivity index (χ1) is 13.5. The van der Waals surface area contributed by atoms with E-state index in [-0.39, 0.29) is 19.8 Å². The molecule has 2 heterocycles. The first-order valence-electron chi connectivity index (χ1n) is 8.03. The first-order valence-corrected chi connectivity index (χ1v) is 9.17. The van der Waals surface area contributed by atoms with Crippen LogP contribution in [0.5, 0.6) is 0 Å². The molecular weight excluding hydrogens is 490 g/mol. The van der Waals surface area contributed by atoms with Gasteiger partial charge in [-0.1, -0.05) is 44.5 Å². The highest BCUT2D eigenvalue weighted by molar-refractivity contribution is 6.80. The first kappa shape index (κ1) is 36.1. The Kier molecular flexibility index (Phi) is 24.5. The number of ketones is 2. The van der Waals surface area contributed by atoms with Crippen molar-refractivity contribution >= 4 is 81.6 Å². The summed E-state index contributed by atoms with van der Waals surface area (Å²) < 4.78 is 0. The average Bonchev–Trinajstić information content (AvgIpc) is 2.68. The third-order valence-corrected chi connectivity index (χ3v) is 3.03. The van der Waals surface area contributed by atoms with Crippen molar-refractivity contribution in [2.45, 2.75) is 35.1 Å². The zero-order valence-corrected chi connectivity index (χ0v) is 19.7. The molecule has 31 heavy (non-hydrogen) atoms. The molecule has 12 heteroatoms. The number of nitrogens with one attached hydrogen (secondary N) is 1. The molecular formula is C19H26Cl4N4O4. The van der Waals surface area contributed by atoms with Gasteiger partial charge in [0.15, 0.2) is 0 Å². The minimum absolute atomic E-state index is 0. The minimum atomic E-state index is -0.907. The number of carbonyl (C=O) groups excluding carboxylic acids is 4. The Morgan fingerprint density at radius 2 is 1.29 bits per heavy atom. The summed E-state index contributed by atoms with van der Waals surface area (Å²) in [6, 6.07) is 6.44. The van der Waals surface area contributed by atoms with Crippen LogP contribution in [-0.2, 0) is 19.2 Å². The summed E-state index contributed by atoms with van der Waals surface area (Å²) in [5.41, 5.74) is 5.26. The Labute approximate surface area is 203 Å². The molecule has 174 valence electrons. The van der Waals surface area contributed by atoms with Gasteiger partial charge in [-0.25, -0.2) is 9.97 Å². The number of hydrogen-bond acceptors (Lipinski definition) is 7. The fourth-order valence-electron chi connectivity index (χ4n) is 1.04. The molecule has 0 aliphatic rings. The predicted molar refractivity (Wildman–Crippen MR) is 129 cm³/mol. The summed E-state index contributed by atoms with van der Waals surface area (Å²) >= 11 is 15.7. The molecule has 3 N–H and O–H groups in total. The van der Waals surface area contributed by atoms with Gasteiger partial charge in [0.25, 0.3) is 11.1 Å². The number of nitrogen functional groups attached to an aromatic ring is 1. The van der Waals surface area contributed by atoms with E-state index in [1.165, 1.54) is 25.4 Å². The van der Waals surface area contributed by atoms with Crippen molar-refractivity contribution < 1.29 is 19.2 Å². The van der Waals surface area contributed by atoms with E-state index in [2.05, 4.69) is 26.9 Å². The maximum atomic E-state index is 10.9. The lowest BCUT2D eigenvalue weighted by molar-refractivity contribution is -0.133. The number of Topliss-reactive ketones (excluding diaryl/α,β-unsaturated/α-hetero) is 2. The molecule has 0 unspecified atom stereocenters. The van der Waals surface area contributed by atoms with Crippen LogP contribution in [0.25, 0.3) is 0 Å². The number of aromatic nitrogens is 2. The van der Waals surface area contributed by atoms with Gasteiger partial charge in [-0.2, -0.15) is 0 Å². The van der Waals surface area contributed by atoms with E-state index in [9.17, 15) is 19.2 Å². The van der Waals surface area contributed by atoms with Crippen molar-refractivity contribution in [1.29, 1.82) is 0 Å². The molecule has 0 aromatic carbocycles. The molecule has 0 spiro atoms. The summed E-state index contributed by atoms with van der Waals surface area (Å²) in [5.74, 6) is -1.05. The highest BCUT2D eigenvalue weighted by Crippen LogP contribution is 2.09. The number of nitrogens with zero attached hydrogens (tertiary/aromatic N) is 2. The van der Waals surface area contributed by atoms with Gasteiger partial charge >= 0.3 is 0 Å². The van der Waals surface area contributed by atoms with Gasteiger partial charge in [0.05, 0.1) is 10.0 Å². The topological polar surface area (TPSA) is 132 Å².